The van der Waals surface area contributed by atoms with E-state index in [1.807, 2.05) is 58.2 Å². The Morgan fingerprint density at radius 1 is 1.33 bits per heavy atom. The number of allylic oxidation sites excluding steroid dienone is 1. The second-order valence-corrected chi connectivity index (χ2v) is 8.80. The van der Waals surface area contributed by atoms with E-state index in [2.05, 4.69) is 4.99 Å². The number of benzene rings is 1. The smallest absolute Gasteiger partial charge is 0.338 e. The highest BCUT2D eigenvalue weighted by Gasteiger charge is 2.47. The van der Waals surface area contributed by atoms with Gasteiger partial charge in [0.25, 0.3) is 0 Å². The van der Waals surface area contributed by atoms with E-state index in [9.17, 15) is 9.59 Å². The van der Waals surface area contributed by atoms with Crippen molar-refractivity contribution in [1.29, 1.82) is 0 Å². The van der Waals surface area contributed by atoms with E-state index in [1.165, 1.54) is 11.8 Å². The lowest BCUT2D eigenvalue weighted by Gasteiger charge is -2.33. The van der Waals surface area contributed by atoms with Crippen LogP contribution in [0.4, 0.5) is 0 Å². The van der Waals surface area contributed by atoms with Crippen molar-refractivity contribution in [3.8, 4) is 0 Å². The first-order valence-electron chi connectivity index (χ1n) is 9.01. The minimum atomic E-state index is -0.504. The second-order valence-electron chi connectivity index (χ2n) is 6.75. The van der Waals surface area contributed by atoms with Gasteiger partial charge >= 0.3 is 5.97 Å². The molecule has 1 amide bonds. The van der Waals surface area contributed by atoms with E-state index >= 15 is 0 Å². The third-order valence-corrected chi connectivity index (χ3v) is 6.58. The molecule has 1 fully saturated rings. The predicted octanol–water partition coefficient (Wildman–Crippen LogP) is 4.40. The van der Waals surface area contributed by atoms with E-state index in [-0.39, 0.29) is 17.3 Å². The van der Waals surface area contributed by atoms with Crippen LogP contribution < -0.4 is 0 Å². The van der Waals surface area contributed by atoms with Gasteiger partial charge < -0.3 is 4.74 Å². The fourth-order valence-electron chi connectivity index (χ4n) is 3.23. The molecule has 1 saturated heterocycles. The van der Waals surface area contributed by atoms with Crippen LogP contribution in [0, 0.1) is 0 Å². The van der Waals surface area contributed by atoms with E-state index in [1.54, 1.807) is 16.7 Å². The van der Waals surface area contributed by atoms with Crippen molar-refractivity contribution < 1.29 is 14.3 Å². The number of fused-ring (bicyclic) bond motifs is 1. The minimum absolute atomic E-state index is 0.00235. The van der Waals surface area contributed by atoms with Crippen LogP contribution in [0.3, 0.4) is 0 Å². The van der Waals surface area contributed by atoms with Crippen LogP contribution >= 0.6 is 23.5 Å². The summed E-state index contributed by atoms with van der Waals surface area (Å²) in [6.45, 7) is 7.44. The molecule has 1 aromatic carbocycles. The average molecular weight is 405 g/mol. The molecule has 1 aromatic rings. The quantitative estimate of drug-likeness (QED) is 0.538. The van der Waals surface area contributed by atoms with Crippen molar-refractivity contribution >= 4 is 40.6 Å². The van der Waals surface area contributed by atoms with Gasteiger partial charge in [0.2, 0.25) is 5.91 Å². The van der Waals surface area contributed by atoms with Gasteiger partial charge in [-0.25, -0.2) is 9.79 Å². The third-order valence-electron chi connectivity index (χ3n) is 4.52. The Balaban J connectivity index is 2.10. The summed E-state index contributed by atoms with van der Waals surface area (Å²) in [5, 5.41) is 0.509. The fourth-order valence-corrected chi connectivity index (χ4v) is 4.77. The number of rotatable bonds is 5. The van der Waals surface area contributed by atoms with Crippen LogP contribution in [-0.2, 0) is 14.3 Å². The number of ether oxygens (including phenoxy) is 1. The number of hydrogen-bond acceptors (Lipinski definition) is 6. The lowest BCUT2D eigenvalue weighted by molar-refractivity contribution is -0.143. The normalized spacial score (nSPS) is 22.2. The van der Waals surface area contributed by atoms with Crippen molar-refractivity contribution in [2.45, 2.75) is 56.4 Å². The van der Waals surface area contributed by atoms with Gasteiger partial charge in [0.15, 0.2) is 5.17 Å². The van der Waals surface area contributed by atoms with E-state index in [4.69, 9.17) is 4.74 Å². The summed E-state index contributed by atoms with van der Waals surface area (Å²) in [6, 6.07) is 7.48. The lowest BCUT2D eigenvalue weighted by atomic mass is 9.94. The first-order chi connectivity index (χ1) is 12.9. The van der Waals surface area contributed by atoms with Crippen molar-refractivity contribution in [2.24, 2.45) is 4.99 Å². The van der Waals surface area contributed by atoms with E-state index in [0.717, 1.165) is 16.9 Å². The van der Waals surface area contributed by atoms with Gasteiger partial charge in [0.1, 0.15) is 0 Å². The molecule has 3 rings (SSSR count). The summed E-state index contributed by atoms with van der Waals surface area (Å²) < 4.78 is 5.48. The summed E-state index contributed by atoms with van der Waals surface area (Å²) in [5.41, 5.74) is 1.94. The fraction of sp³-hybridized carbons (Fsp3) is 0.450. The van der Waals surface area contributed by atoms with Gasteiger partial charge in [0.05, 0.1) is 28.7 Å². The van der Waals surface area contributed by atoms with Crippen LogP contribution in [0.5, 0.6) is 0 Å². The van der Waals surface area contributed by atoms with Gasteiger partial charge in [0, 0.05) is 4.90 Å². The molecule has 27 heavy (non-hydrogen) atoms. The summed E-state index contributed by atoms with van der Waals surface area (Å²) >= 11 is 3.13. The maximum absolute atomic E-state index is 13.0. The Morgan fingerprint density at radius 2 is 2.00 bits per heavy atom. The number of carbonyl (C=O) groups excluding carboxylic acids is 2. The Labute approximate surface area is 168 Å². The topological polar surface area (TPSA) is 59.0 Å². The Kier molecular flexibility index (Phi) is 6.01. The van der Waals surface area contributed by atoms with Gasteiger partial charge in [-0.1, -0.05) is 30.8 Å². The molecule has 2 heterocycles. The molecule has 7 heteroatoms. The molecule has 0 radical (unpaired) electrons. The van der Waals surface area contributed by atoms with Crippen molar-refractivity contribution in [3.63, 3.8) is 0 Å². The highest BCUT2D eigenvalue weighted by atomic mass is 32.2. The number of esters is 1. The first-order valence-corrected chi connectivity index (χ1v) is 11.1. The van der Waals surface area contributed by atoms with Crippen molar-refractivity contribution in [2.75, 3.05) is 6.26 Å². The third kappa shape index (κ3) is 3.80. The number of hydrogen-bond donors (Lipinski definition) is 0. The van der Waals surface area contributed by atoms with Crippen molar-refractivity contribution in [1.82, 2.24) is 4.90 Å². The Morgan fingerprint density at radius 3 is 2.56 bits per heavy atom. The molecule has 2 aliphatic heterocycles. The monoisotopic (exact) mass is 404 g/mol. The summed E-state index contributed by atoms with van der Waals surface area (Å²) in [4.78, 5) is 33.3. The molecular formula is C20H24N2O3S2. The first kappa shape index (κ1) is 20.0. The zero-order valence-electron chi connectivity index (χ0n) is 16.2. The number of nitrogens with zero attached hydrogens (tertiary/aromatic N) is 2. The highest BCUT2D eigenvalue weighted by molar-refractivity contribution is 8.15. The van der Waals surface area contributed by atoms with Gasteiger partial charge in [-0.05, 0) is 51.1 Å². The van der Waals surface area contributed by atoms with Crippen LogP contribution in [0.2, 0.25) is 0 Å². The molecule has 0 spiro atoms. The molecule has 0 bridgehead atoms. The molecule has 5 nitrogen and oxygen atoms in total. The molecule has 0 aromatic heterocycles. The second kappa shape index (κ2) is 8.10. The van der Waals surface area contributed by atoms with Crippen LogP contribution in [-0.4, -0.2) is 39.6 Å². The minimum Gasteiger partial charge on any atom is -0.459 e. The van der Waals surface area contributed by atoms with E-state index < -0.39 is 12.0 Å². The summed E-state index contributed by atoms with van der Waals surface area (Å²) in [5.74, 6) is -0.412. The summed E-state index contributed by atoms with van der Waals surface area (Å²) in [7, 11) is 0. The summed E-state index contributed by atoms with van der Waals surface area (Å²) in [6.07, 6.45) is 2.50. The van der Waals surface area contributed by atoms with Gasteiger partial charge in [-0.15, -0.1) is 11.8 Å². The molecule has 144 valence electrons. The lowest BCUT2D eigenvalue weighted by Crippen LogP contribution is -2.41. The van der Waals surface area contributed by atoms with Crippen molar-refractivity contribution in [3.05, 3.63) is 41.1 Å². The van der Waals surface area contributed by atoms with Gasteiger partial charge in [-0.3, -0.25) is 9.69 Å². The predicted molar refractivity (Wildman–Crippen MR) is 111 cm³/mol. The van der Waals surface area contributed by atoms with Crippen LogP contribution in [0.15, 0.2) is 45.4 Å². The number of thioether (sulfide) groups is 2. The highest BCUT2D eigenvalue weighted by Crippen LogP contribution is 2.44. The van der Waals surface area contributed by atoms with Crippen LogP contribution in [0.1, 0.15) is 45.7 Å². The molecule has 2 atom stereocenters. The molecular weight excluding hydrogens is 380 g/mol. The number of carbonyl (C=O) groups is 2. The standard InChI is InChI=1S/C20H24N2O3S2/c1-6-15-18(23)22-17(13-7-9-14(26-5)10-8-13)16(19(24)25-11(2)3)12(4)21-20(22)27-15/h7-11,15,17H,6H2,1-5H3. The number of amidine groups is 1. The number of amides is 1. The maximum Gasteiger partial charge on any atom is 0.338 e. The Bertz CT molecular complexity index is 815. The largest absolute Gasteiger partial charge is 0.459 e. The van der Waals surface area contributed by atoms with E-state index in [0.29, 0.717) is 16.4 Å². The SMILES string of the molecule is CCC1SC2=NC(C)=C(C(=O)OC(C)C)C(c3ccc(SC)cc3)N2C1=O. The average Bonchev–Trinajstić information content (AvgIpc) is 2.95. The molecule has 2 aliphatic rings. The molecule has 0 saturated carbocycles. The molecule has 0 aliphatic carbocycles. The molecule has 0 N–H and O–H groups in total. The molecule has 2 unspecified atom stereocenters. The van der Waals surface area contributed by atoms with Gasteiger partial charge in [-0.2, -0.15) is 0 Å². The zero-order valence-corrected chi connectivity index (χ0v) is 17.8. The van der Waals surface area contributed by atoms with Crippen LogP contribution in [0.25, 0.3) is 0 Å². The Hall–Kier alpha value is -1.73. The maximum atomic E-state index is 13.0. The zero-order chi connectivity index (χ0) is 19.7. The number of aliphatic imine (C=N–C) groups is 1.